The van der Waals surface area contributed by atoms with E-state index in [1.165, 1.54) is 0 Å². The number of hydrogen-bond donors (Lipinski definition) is 2. The van der Waals surface area contributed by atoms with Gasteiger partial charge < -0.3 is 16.0 Å². The summed E-state index contributed by atoms with van der Waals surface area (Å²) in [6.07, 6.45) is 1.39. The molecule has 158 valence electrons. The largest absolute Gasteiger partial charge is 0.355 e. The van der Waals surface area contributed by atoms with Gasteiger partial charge in [-0.1, -0.05) is 11.6 Å². The van der Waals surface area contributed by atoms with Crippen molar-refractivity contribution in [2.75, 3.05) is 26.2 Å². The van der Waals surface area contributed by atoms with Crippen molar-refractivity contribution in [3.05, 3.63) is 34.9 Å². The fourth-order valence-electron chi connectivity index (χ4n) is 3.83. The molecular weight excluding hydrogens is 396 g/mol. The van der Waals surface area contributed by atoms with Crippen LogP contribution in [-0.2, 0) is 9.59 Å². The maximum absolute atomic E-state index is 13.0. The monoisotopic (exact) mass is 422 g/mol. The molecule has 3 rings (SSSR count). The summed E-state index contributed by atoms with van der Waals surface area (Å²) in [7, 11) is 0. The van der Waals surface area contributed by atoms with Crippen LogP contribution in [0.2, 0.25) is 0 Å². The summed E-state index contributed by atoms with van der Waals surface area (Å²) in [6.45, 7) is 4.95. The standard InChI is InChI=1S/C20H26N4O4.ClH/c1-12-5-6-15-16(10-12)20(28)24(19(15)27)13(2)18(26)23-9-3-4-14(11-23)17(25)22-8-7-21;/h5-6,10,13-14H,3-4,7-9,11,21H2,1-2H3,(H,22,25);1H. The molecule has 1 aromatic rings. The van der Waals surface area contributed by atoms with Gasteiger partial charge >= 0.3 is 0 Å². The number of benzene rings is 1. The summed E-state index contributed by atoms with van der Waals surface area (Å²) in [6, 6.07) is 4.15. The van der Waals surface area contributed by atoms with Crippen LogP contribution < -0.4 is 11.1 Å². The molecule has 1 aromatic carbocycles. The first-order chi connectivity index (χ1) is 13.3. The Labute approximate surface area is 176 Å². The molecule has 0 aliphatic carbocycles. The topological polar surface area (TPSA) is 113 Å². The Hall–Kier alpha value is -2.45. The molecule has 0 radical (unpaired) electrons. The zero-order valence-electron chi connectivity index (χ0n) is 16.6. The van der Waals surface area contributed by atoms with E-state index >= 15 is 0 Å². The highest BCUT2D eigenvalue weighted by Gasteiger charge is 2.42. The number of piperidine rings is 1. The molecule has 0 spiro atoms. The minimum atomic E-state index is -0.918. The Morgan fingerprint density at radius 1 is 1.24 bits per heavy atom. The average molecular weight is 423 g/mol. The van der Waals surface area contributed by atoms with E-state index in [0.29, 0.717) is 43.6 Å². The van der Waals surface area contributed by atoms with Crippen molar-refractivity contribution < 1.29 is 19.2 Å². The summed E-state index contributed by atoms with van der Waals surface area (Å²) in [5, 5.41) is 2.76. The molecule has 0 bridgehead atoms. The van der Waals surface area contributed by atoms with Crippen LogP contribution >= 0.6 is 12.4 Å². The van der Waals surface area contributed by atoms with Gasteiger partial charge in [0.25, 0.3) is 11.8 Å². The van der Waals surface area contributed by atoms with E-state index in [1.54, 1.807) is 30.0 Å². The molecule has 2 aliphatic rings. The molecule has 2 heterocycles. The van der Waals surface area contributed by atoms with Crippen LogP contribution in [0.3, 0.4) is 0 Å². The second-order valence-electron chi connectivity index (χ2n) is 7.41. The van der Waals surface area contributed by atoms with Crippen LogP contribution in [0.15, 0.2) is 18.2 Å². The maximum Gasteiger partial charge on any atom is 0.262 e. The van der Waals surface area contributed by atoms with E-state index in [1.807, 2.05) is 6.92 Å². The second-order valence-corrected chi connectivity index (χ2v) is 7.41. The summed E-state index contributed by atoms with van der Waals surface area (Å²) in [5.74, 6) is -1.63. The molecule has 2 aliphatic heterocycles. The molecule has 0 aromatic heterocycles. The number of halogens is 1. The highest BCUT2D eigenvalue weighted by molar-refractivity contribution is 6.22. The zero-order valence-corrected chi connectivity index (χ0v) is 17.5. The van der Waals surface area contributed by atoms with E-state index in [9.17, 15) is 19.2 Å². The Kier molecular flexibility index (Phi) is 7.37. The van der Waals surface area contributed by atoms with Gasteiger partial charge in [0.05, 0.1) is 17.0 Å². The summed E-state index contributed by atoms with van der Waals surface area (Å²) >= 11 is 0. The van der Waals surface area contributed by atoms with Gasteiger partial charge in [-0.3, -0.25) is 24.1 Å². The van der Waals surface area contributed by atoms with Crippen molar-refractivity contribution in [1.29, 1.82) is 0 Å². The number of nitrogens with one attached hydrogen (secondary N) is 1. The second kappa shape index (κ2) is 9.37. The van der Waals surface area contributed by atoms with E-state index < -0.39 is 17.9 Å². The number of rotatable bonds is 5. The van der Waals surface area contributed by atoms with Gasteiger partial charge in [0.1, 0.15) is 6.04 Å². The summed E-state index contributed by atoms with van der Waals surface area (Å²) < 4.78 is 0. The number of likely N-dealkylation sites (tertiary alicyclic amines) is 1. The predicted octanol–water partition coefficient (Wildman–Crippen LogP) is 0.715. The number of carbonyl (C=O) groups excluding carboxylic acids is 4. The number of fused-ring (bicyclic) bond motifs is 1. The van der Waals surface area contributed by atoms with Crippen LogP contribution in [-0.4, -0.2) is 65.6 Å². The lowest BCUT2D eigenvalue weighted by molar-refractivity contribution is -0.138. The molecule has 8 nitrogen and oxygen atoms in total. The number of carbonyl (C=O) groups is 4. The first-order valence-corrected chi connectivity index (χ1v) is 9.60. The lowest BCUT2D eigenvalue weighted by Crippen LogP contribution is -2.53. The molecule has 0 saturated carbocycles. The third-order valence-electron chi connectivity index (χ3n) is 5.37. The smallest absolute Gasteiger partial charge is 0.262 e. The highest BCUT2D eigenvalue weighted by Crippen LogP contribution is 2.27. The number of aryl methyl sites for hydroxylation is 1. The normalized spacial score (nSPS) is 19.5. The summed E-state index contributed by atoms with van der Waals surface area (Å²) in [4.78, 5) is 53.3. The SMILES string of the molecule is Cc1ccc2c(c1)C(=O)N(C(C)C(=O)N1CCCC(C(=O)NCCN)C1)C2=O.Cl. The van der Waals surface area contributed by atoms with Gasteiger partial charge in [0.15, 0.2) is 0 Å². The molecule has 2 unspecified atom stereocenters. The van der Waals surface area contributed by atoms with Gasteiger partial charge in [-0.05, 0) is 38.8 Å². The van der Waals surface area contributed by atoms with E-state index in [2.05, 4.69) is 5.32 Å². The Balaban J connectivity index is 0.00000300. The third kappa shape index (κ3) is 4.43. The van der Waals surface area contributed by atoms with Crippen LogP contribution in [0.25, 0.3) is 0 Å². The van der Waals surface area contributed by atoms with Crippen LogP contribution in [0, 0.1) is 12.8 Å². The molecule has 9 heteroatoms. The van der Waals surface area contributed by atoms with Crippen molar-refractivity contribution in [1.82, 2.24) is 15.1 Å². The van der Waals surface area contributed by atoms with Crippen LogP contribution in [0.1, 0.15) is 46.0 Å². The van der Waals surface area contributed by atoms with Crippen molar-refractivity contribution in [3.8, 4) is 0 Å². The molecular formula is C20H27ClN4O4. The van der Waals surface area contributed by atoms with Gasteiger partial charge in [-0.2, -0.15) is 0 Å². The van der Waals surface area contributed by atoms with Gasteiger partial charge in [-0.15, -0.1) is 12.4 Å². The molecule has 3 N–H and O–H groups in total. The minimum Gasteiger partial charge on any atom is -0.355 e. The average Bonchev–Trinajstić information content (AvgIpc) is 2.94. The van der Waals surface area contributed by atoms with E-state index in [0.717, 1.165) is 10.5 Å². The Morgan fingerprint density at radius 3 is 2.62 bits per heavy atom. The first kappa shape index (κ1) is 22.8. The number of hydrogen-bond acceptors (Lipinski definition) is 5. The van der Waals surface area contributed by atoms with Crippen LogP contribution in [0.4, 0.5) is 0 Å². The molecule has 1 fully saturated rings. The first-order valence-electron chi connectivity index (χ1n) is 9.60. The van der Waals surface area contributed by atoms with Crippen molar-refractivity contribution in [3.63, 3.8) is 0 Å². The molecule has 1 saturated heterocycles. The molecule has 4 amide bonds. The minimum absolute atomic E-state index is 0. The maximum atomic E-state index is 13.0. The third-order valence-corrected chi connectivity index (χ3v) is 5.37. The molecule has 29 heavy (non-hydrogen) atoms. The Morgan fingerprint density at radius 2 is 1.93 bits per heavy atom. The summed E-state index contributed by atoms with van der Waals surface area (Å²) in [5.41, 5.74) is 6.95. The Bertz CT molecular complexity index is 829. The van der Waals surface area contributed by atoms with Gasteiger partial charge in [-0.25, -0.2) is 0 Å². The fraction of sp³-hybridized carbons (Fsp3) is 0.500. The lowest BCUT2D eigenvalue weighted by Gasteiger charge is -2.35. The van der Waals surface area contributed by atoms with E-state index in [-0.39, 0.29) is 36.7 Å². The van der Waals surface area contributed by atoms with Crippen LogP contribution in [0.5, 0.6) is 0 Å². The van der Waals surface area contributed by atoms with Gasteiger partial charge in [0, 0.05) is 26.2 Å². The highest BCUT2D eigenvalue weighted by atomic mass is 35.5. The fourth-order valence-corrected chi connectivity index (χ4v) is 3.83. The quantitative estimate of drug-likeness (QED) is 0.679. The lowest BCUT2D eigenvalue weighted by atomic mass is 9.96. The number of nitrogens with two attached hydrogens (primary N) is 1. The predicted molar refractivity (Wildman–Crippen MR) is 110 cm³/mol. The van der Waals surface area contributed by atoms with E-state index in [4.69, 9.17) is 5.73 Å². The number of amides is 4. The van der Waals surface area contributed by atoms with Gasteiger partial charge in [0.2, 0.25) is 11.8 Å². The van der Waals surface area contributed by atoms with Crippen molar-refractivity contribution in [2.24, 2.45) is 11.7 Å². The number of nitrogens with zero attached hydrogens (tertiary/aromatic N) is 2. The molecule has 2 atom stereocenters. The van der Waals surface area contributed by atoms with Crippen molar-refractivity contribution in [2.45, 2.75) is 32.7 Å². The zero-order chi connectivity index (χ0) is 20.4. The van der Waals surface area contributed by atoms with Crippen molar-refractivity contribution >= 4 is 36.0 Å². The number of imide groups is 1.